The number of halogens is 4. The summed E-state index contributed by atoms with van der Waals surface area (Å²) >= 11 is 6.25. The van der Waals surface area contributed by atoms with Gasteiger partial charge in [0, 0.05) is 11.3 Å². The van der Waals surface area contributed by atoms with Crippen molar-refractivity contribution < 1.29 is 35.9 Å². The molecule has 0 aliphatic heterocycles. The van der Waals surface area contributed by atoms with E-state index in [1.54, 1.807) is 6.92 Å². The highest BCUT2D eigenvalue weighted by atomic mass is 35.5. The predicted molar refractivity (Wildman–Crippen MR) is 114 cm³/mol. The summed E-state index contributed by atoms with van der Waals surface area (Å²) in [4.78, 5) is 12.2. The smallest absolute Gasteiger partial charge is 0.402 e. The highest BCUT2D eigenvalue weighted by Gasteiger charge is 2.30. The van der Waals surface area contributed by atoms with Crippen molar-refractivity contribution in [2.45, 2.75) is 31.3 Å². The molecule has 12 heteroatoms. The van der Waals surface area contributed by atoms with Crippen LogP contribution in [0.2, 0.25) is 5.02 Å². The molecule has 0 heterocycles. The number of ether oxygens (including phenoxy) is 2. The molecule has 32 heavy (non-hydrogen) atoms. The summed E-state index contributed by atoms with van der Waals surface area (Å²) in [5.41, 5.74) is 0.399. The third-order valence-corrected chi connectivity index (χ3v) is 5.61. The Hall–Kier alpha value is -2.50. The van der Waals surface area contributed by atoms with Crippen LogP contribution in [0.25, 0.3) is 0 Å². The Morgan fingerprint density at radius 1 is 1.09 bits per heavy atom. The van der Waals surface area contributed by atoms with Crippen molar-refractivity contribution >= 4 is 33.2 Å². The molecule has 0 atom stereocenters. The first kappa shape index (κ1) is 25.8. The molecule has 2 aromatic carbocycles. The lowest BCUT2D eigenvalue weighted by Crippen LogP contribution is -2.33. The largest absolute Gasteiger partial charge is 0.490 e. The quantitative estimate of drug-likeness (QED) is 0.502. The summed E-state index contributed by atoms with van der Waals surface area (Å²) in [7, 11) is -4.35. The van der Waals surface area contributed by atoms with Gasteiger partial charge in [0.15, 0.2) is 11.5 Å². The maximum Gasteiger partial charge on any atom is 0.402 e. The number of nitrogens with one attached hydrogen (secondary N) is 2. The number of sulfonamides is 1. The van der Waals surface area contributed by atoms with Gasteiger partial charge in [0.2, 0.25) is 10.0 Å². The Kier molecular flexibility index (Phi) is 8.76. The van der Waals surface area contributed by atoms with E-state index in [0.717, 1.165) is 18.6 Å². The zero-order chi connectivity index (χ0) is 23.9. The maximum absolute atomic E-state index is 12.6. The van der Waals surface area contributed by atoms with Crippen LogP contribution in [0.4, 0.5) is 18.9 Å². The second-order valence-corrected chi connectivity index (χ2v) is 8.66. The number of hydrogen-bond acceptors (Lipinski definition) is 5. The lowest BCUT2D eigenvalue weighted by atomic mass is 10.1. The number of rotatable bonds is 10. The van der Waals surface area contributed by atoms with E-state index in [1.807, 2.05) is 6.92 Å². The van der Waals surface area contributed by atoms with Crippen molar-refractivity contribution in [3.05, 3.63) is 47.0 Å². The molecule has 0 aliphatic rings. The minimum atomic E-state index is -4.68. The fraction of sp³-hybridized carbons (Fsp3) is 0.350. The van der Waals surface area contributed by atoms with Gasteiger partial charge in [-0.2, -0.15) is 13.2 Å². The van der Waals surface area contributed by atoms with E-state index in [1.165, 1.54) is 29.0 Å². The maximum atomic E-state index is 12.6. The Labute approximate surface area is 188 Å². The molecule has 1 amide bonds. The molecule has 176 valence electrons. The van der Waals surface area contributed by atoms with Crippen molar-refractivity contribution in [3.63, 3.8) is 0 Å². The summed E-state index contributed by atoms with van der Waals surface area (Å²) in [6.07, 6.45) is -3.93. The SMILES string of the molecule is CCCOc1c(Cl)cc(C(=O)Nc2ccc(S(=O)(=O)NCC(F)(F)F)cc2)cc1OCC. The van der Waals surface area contributed by atoms with Crippen LogP contribution in [0, 0.1) is 0 Å². The number of carbonyl (C=O) groups is 1. The summed E-state index contributed by atoms with van der Waals surface area (Å²) < 4.78 is 73.2. The van der Waals surface area contributed by atoms with Gasteiger partial charge in [0.1, 0.15) is 6.54 Å². The molecule has 0 spiro atoms. The van der Waals surface area contributed by atoms with Crippen molar-refractivity contribution in [1.29, 1.82) is 0 Å². The molecule has 0 aromatic heterocycles. The third-order valence-electron chi connectivity index (χ3n) is 3.91. The summed E-state index contributed by atoms with van der Waals surface area (Å²) in [5, 5.41) is 2.75. The van der Waals surface area contributed by atoms with Gasteiger partial charge >= 0.3 is 6.18 Å². The molecule has 0 aliphatic carbocycles. The highest BCUT2D eigenvalue weighted by Crippen LogP contribution is 2.37. The van der Waals surface area contributed by atoms with Gasteiger partial charge in [-0.1, -0.05) is 18.5 Å². The number of amides is 1. The number of alkyl halides is 3. The minimum absolute atomic E-state index is 0.172. The van der Waals surface area contributed by atoms with Crippen LogP contribution in [0.3, 0.4) is 0 Å². The number of anilines is 1. The van der Waals surface area contributed by atoms with Gasteiger partial charge in [-0.3, -0.25) is 4.79 Å². The van der Waals surface area contributed by atoms with E-state index in [-0.39, 0.29) is 21.2 Å². The van der Waals surface area contributed by atoms with E-state index in [2.05, 4.69) is 5.32 Å². The predicted octanol–water partition coefficient (Wildman–Crippen LogP) is 4.62. The highest BCUT2D eigenvalue weighted by molar-refractivity contribution is 7.89. The standard InChI is InChI=1S/C20H22ClF3N2O5S/c1-3-9-31-18-16(21)10-13(11-17(18)30-4-2)19(27)26-14-5-7-15(8-6-14)32(28,29)25-12-20(22,23)24/h5-8,10-11,25H,3-4,9,12H2,1-2H3,(H,26,27). The number of benzene rings is 2. The second-order valence-electron chi connectivity index (χ2n) is 6.49. The van der Waals surface area contributed by atoms with Crippen LogP contribution in [0.15, 0.2) is 41.3 Å². The first-order chi connectivity index (χ1) is 15.0. The third kappa shape index (κ3) is 7.28. The van der Waals surface area contributed by atoms with Gasteiger partial charge in [-0.25, -0.2) is 13.1 Å². The second kappa shape index (κ2) is 10.9. The first-order valence-corrected chi connectivity index (χ1v) is 11.4. The number of hydrogen-bond donors (Lipinski definition) is 2. The number of carbonyl (C=O) groups excluding carboxylic acids is 1. The van der Waals surface area contributed by atoms with Gasteiger partial charge < -0.3 is 14.8 Å². The Balaban J connectivity index is 2.17. The molecule has 2 aromatic rings. The van der Waals surface area contributed by atoms with Gasteiger partial charge in [0.05, 0.1) is 23.1 Å². The van der Waals surface area contributed by atoms with E-state index in [4.69, 9.17) is 21.1 Å². The van der Waals surface area contributed by atoms with Crippen molar-refractivity contribution in [1.82, 2.24) is 4.72 Å². The molecular formula is C20H22ClF3N2O5S. The first-order valence-electron chi connectivity index (χ1n) is 9.53. The van der Waals surface area contributed by atoms with Crippen LogP contribution < -0.4 is 19.5 Å². The van der Waals surface area contributed by atoms with E-state index >= 15 is 0 Å². The molecular weight excluding hydrogens is 473 g/mol. The minimum Gasteiger partial charge on any atom is -0.490 e. The Bertz CT molecular complexity index is 1040. The van der Waals surface area contributed by atoms with E-state index in [9.17, 15) is 26.4 Å². The molecule has 0 saturated heterocycles. The average molecular weight is 495 g/mol. The monoisotopic (exact) mass is 494 g/mol. The molecule has 0 unspecified atom stereocenters. The van der Waals surface area contributed by atoms with Crippen LogP contribution in [-0.4, -0.2) is 40.3 Å². The lowest BCUT2D eigenvalue weighted by Gasteiger charge is -2.15. The van der Waals surface area contributed by atoms with Crippen molar-refractivity contribution in [2.24, 2.45) is 0 Å². The van der Waals surface area contributed by atoms with Gasteiger partial charge in [-0.15, -0.1) is 0 Å². The molecule has 0 radical (unpaired) electrons. The van der Waals surface area contributed by atoms with Crippen LogP contribution in [-0.2, 0) is 10.0 Å². The van der Waals surface area contributed by atoms with Crippen LogP contribution in [0.5, 0.6) is 11.5 Å². The Morgan fingerprint density at radius 3 is 2.31 bits per heavy atom. The normalized spacial score (nSPS) is 11.8. The fourth-order valence-corrected chi connectivity index (χ4v) is 3.77. The van der Waals surface area contributed by atoms with Crippen molar-refractivity contribution in [3.8, 4) is 11.5 Å². The van der Waals surface area contributed by atoms with E-state index in [0.29, 0.717) is 24.7 Å². The zero-order valence-electron chi connectivity index (χ0n) is 17.3. The summed E-state index contributed by atoms with van der Waals surface area (Å²) in [6.45, 7) is 2.75. The van der Waals surface area contributed by atoms with Crippen LogP contribution in [0.1, 0.15) is 30.6 Å². The molecule has 2 N–H and O–H groups in total. The molecule has 0 fully saturated rings. The van der Waals surface area contributed by atoms with Gasteiger partial charge in [0.25, 0.3) is 5.91 Å². The molecule has 0 saturated carbocycles. The summed E-state index contributed by atoms with van der Waals surface area (Å²) in [5.74, 6) is 0.0734. The van der Waals surface area contributed by atoms with Gasteiger partial charge in [-0.05, 0) is 49.7 Å². The summed E-state index contributed by atoms with van der Waals surface area (Å²) in [6, 6.07) is 7.54. The molecule has 7 nitrogen and oxygen atoms in total. The van der Waals surface area contributed by atoms with Crippen LogP contribution >= 0.6 is 11.6 Å². The molecule has 0 bridgehead atoms. The van der Waals surface area contributed by atoms with Crippen molar-refractivity contribution in [2.75, 3.05) is 25.1 Å². The topological polar surface area (TPSA) is 93.7 Å². The molecule has 2 rings (SSSR count). The Morgan fingerprint density at radius 2 is 1.75 bits per heavy atom. The fourth-order valence-electron chi connectivity index (χ4n) is 2.49. The lowest BCUT2D eigenvalue weighted by molar-refractivity contribution is -0.121. The average Bonchev–Trinajstić information content (AvgIpc) is 2.72. The van der Waals surface area contributed by atoms with E-state index < -0.39 is 28.7 Å². The zero-order valence-corrected chi connectivity index (χ0v) is 18.8.